The van der Waals surface area contributed by atoms with Gasteiger partial charge in [-0.3, -0.25) is 0 Å². The van der Waals surface area contributed by atoms with Crippen molar-refractivity contribution in [3.63, 3.8) is 0 Å². The van der Waals surface area contributed by atoms with Crippen molar-refractivity contribution in [3.05, 3.63) is 94.6 Å². The van der Waals surface area contributed by atoms with Crippen LogP contribution in [0.1, 0.15) is 33.3 Å². The largest absolute Gasteiger partial charge is 0.457 e. The van der Waals surface area contributed by atoms with Crippen molar-refractivity contribution in [1.29, 1.82) is 0 Å². The Morgan fingerprint density at radius 1 is 1.03 bits per heavy atom. The predicted molar refractivity (Wildman–Crippen MR) is 146 cm³/mol. The molecule has 0 aliphatic heterocycles. The smallest absolute Gasteiger partial charge is 0.349 e. The van der Waals surface area contributed by atoms with Crippen molar-refractivity contribution in [2.45, 2.75) is 26.9 Å². The molecule has 3 aromatic heterocycles. The first-order valence-corrected chi connectivity index (χ1v) is 12.7. The van der Waals surface area contributed by atoms with Crippen LogP contribution in [0.15, 0.2) is 73.1 Å². The highest BCUT2D eigenvalue weighted by Gasteiger charge is 2.21. The van der Waals surface area contributed by atoms with Crippen LogP contribution in [-0.4, -0.2) is 20.9 Å². The molecule has 0 radical (unpaired) electrons. The highest BCUT2D eigenvalue weighted by Crippen LogP contribution is 2.36. The van der Waals surface area contributed by atoms with Crippen LogP contribution >= 0.6 is 11.3 Å². The molecule has 0 spiro atoms. The number of benzene rings is 3. The molecule has 0 saturated carbocycles. The van der Waals surface area contributed by atoms with E-state index < -0.39 is 0 Å². The zero-order valence-corrected chi connectivity index (χ0v) is 20.8. The Balaban J connectivity index is 1.32. The maximum absolute atomic E-state index is 12.9. The van der Waals surface area contributed by atoms with E-state index in [1.165, 1.54) is 39.5 Å². The van der Waals surface area contributed by atoms with Gasteiger partial charge in [-0.15, -0.1) is 11.3 Å². The molecule has 0 amide bonds. The molecule has 0 saturated heterocycles. The number of H-pyrrole nitrogens is 1. The summed E-state index contributed by atoms with van der Waals surface area (Å²) in [5, 5.41) is 6.70. The van der Waals surface area contributed by atoms with Crippen LogP contribution in [0.5, 0.6) is 0 Å². The van der Waals surface area contributed by atoms with Gasteiger partial charge in [-0.05, 0) is 42.2 Å². The van der Waals surface area contributed by atoms with Gasteiger partial charge in [0, 0.05) is 27.5 Å². The van der Waals surface area contributed by atoms with E-state index in [0.717, 1.165) is 39.0 Å². The van der Waals surface area contributed by atoms with E-state index in [0.29, 0.717) is 10.7 Å². The number of nitrogens with zero attached hydrogens (tertiary/aromatic N) is 2. The van der Waals surface area contributed by atoms with Gasteiger partial charge in [-0.1, -0.05) is 61.5 Å². The molecule has 2 N–H and O–H groups in total. The van der Waals surface area contributed by atoms with Gasteiger partial charge in [0.1, 0.15) is 28.5 Å². The Morgan fingerprint density at radius 3 is 2.72 bits per heavy atom. The molecule has 3 heterocycles. The summed E-state index contributed by atoms with van der Waals surface area (Å²) in [6.07, 6.45) is 2.50. The van der Waals surface area contributed by atoms with Gasteiger partial charge in [0.05, 0.1) is 5.39 Å². The fourth-order valence-electron chi connectivity index (χ4n) is 4.65. The Kier molecular flexibility index (Phi) is 5.62. The molecule has 0 bridgehead atoms. The third-order valence-corrected chi connectivity index (χ3v) is 7.67. The van der Waals surface area contributed by atoms with Crippen LogP contribution in [0.2, 0.25) is 0 Å². The van der Waals surface area contributed by atoms with Crippen molar-refractivity contribution in [2.75, 3.05) is 5.32 Å². The summed E-state index contributed by atoms with van der Waals surface area (Å²) in [7, 11) is 0. The molecule has 6 rings (SSSR count). The molecular formula is C29H24N4O2S. The number of hydrogen-bond donors (Lipinski definition) is 2. The maximum Gasteiger partial charge on any atom is 0.349 e. The molecule has 0 fully saturated rings. The van der Waals surface area contributed by atoms with Crippen molar-refractivity contribution >= 4 is 60.8 Å². The predicted octanol–water partition coefficient (Wildman–Crippen LogP) is 7.30. The number of carbonyl (C=O) groups is 1. The van der Waals surface area contributed by atoms with Gasteiger partial charge < -0.3 is 15.0 Å². The third kappa shape index (κ3) is 3.87. The van der Waals surface area contributed by atoms with Gasteiger partial charge in [0.2, 0.25) is 0 Å². The second kappa shape index (κ2) is 9.09. The fourth-order valence-corrected chi connectivity index (χ4v) is 5.69. The van der Waals surface area contributed by atoms with Gasteiger partial charge >= 0.3 is 5.97 Å². The van der Waals surface area contributed by atoms with E-state index in [1.807, 2.05) is 37.3 Å². The number of thiophene rings is 1. The number of fused-ring (bicyclic) bond motifs is 4. The number of para-hydroxylation sites is 1. The molecule has 3 aromatic carbocycles. The quantitative estimate of drug-likeness (QED) is 0.239. The average molecular weight is 493 g/mol. The monoisotopic (exact) mass is 492 g/mol. The summed E-state index contributed by atoms with van der Waals surface area (Å²) in [4.78, 5) is 26.7. The lowest BCUT2D eigenvalue weighted by molar-refractivity contribution is 0.0478. The number of aromatic amines is 1. The number of rotatable bonds is 6. The number of ether oxygens (including phenoxy) is 1. The van der Waals surface area contributed by atoms with Crippen LogP contribution in [0.3, 0.4) is 0 Å². The van der Waals surface area contributed by atoms with Crippen molar-refractivity contribution in [2.24, 2.45) is 0 Å². The number of nitrogens with one attached hydrogen (secondary N) is 2. The first kappa shape index (κ1) is 22.2. The van der Waals surface area contributed by atoms with Crippen LogP contribution < -0.4 is 5.32 Å². The molecule has 0 atom stereocenters. The highest BCUT2D eigenvalue weighted by molar-refractivity contribution is 7.20. The van der Waals surface area contributed by atoms with E-state index in [2.05, 4.69) is 63.6 Å². The molecule has 0 unspecified atom stereocenters. The summed E-state index contributed by atoms with van der Waals surface area (Å²) >= 11 is 1.33. The molecule has 178 valence electrons. The maximum atomic E-state index is 12.9. The van der Waals surface area contributed by atoms with Crippen molar-refractivity contribution in [1.82, 2.24) is 15.0 Å². The minimum absolute atomic E-state index is 0.231. The summed E-state index contributed by atoms with van der Waals surface area (Å²) < 4.78 is 5.58. The first-order valence-electron chi connectivity index (χ1n) is 11.9. The van der Waals surface area contributed by atoms with Gasteiger partial charge in [0.15, 0.2) is 0 Å². The fraction of sp³-hybridized carbons (Fsp3) is 0.138. The molecule has 0 aliphatic carbocycles. The van der Waals surface area contributed by atoms with E-state index in [4.69, 9.17) is 4.74 Å². The summed E-state index contributed by atoms with van der Waals surface area (Å²) in [5.41, 5.74) is 6.22. The zero-order chi connectivity index (χ0) is 24.6. The summed E-state index contributed by atoms with van der Waals surface area (Å²) in [6, 6.07) is 22.4. The zero-order valence-electron chi connectivity index (χ0n) is 20.0. The number of aryl methyl sites for hydroxylation is 2. The topological polar surface area (TPSA) is 79.9 Å². The second-order valence-electron chi connectivity index (χ2n) is 8.72. The van der Waals surface area contributed by atoms with Crippen LogP contribution in [0.25, 0.3) is 32.0 Å². The lowest BCUT2D eigenvalue weighted by Gasteiger charge is -2.08. The Bertz CT molecular complexity index is 1740. The van der Waals surface area contributed by atoms with E-state index in [9.17, 15) is 4.79 Å². The van der Waals surface area contributed by atoms with Gasteiger partial charge in [0.25, 0.3) is 0 Å². The minimum atomic E-state index is -0.350. The number of hydrogen-bond acceptors (Lipinski definition) is 6. The standard InChI is InChI=1S/C29H24N4O2S/c1-3-19-10-7-11-22-21-13-12-20(14-23(21)33-25(19)22)32-27-24-17(2)26(36-28(24)31-16-30-27)29(34)35-15-18-8-5-4-6-9-18/h4-14,16,33H,3,15H2,1-2H3,(H,30,31,32). The number of carbonyl (C=O) groups excluding carboxylic acids is 1. The average Bonchev–Trinajstić information content (AvgIpc) is 3.45. The van der Waals surface area contributed by atoms with Crippen LogP contribution in [-0.2, 0) is 17.8 Å². The van der Waals surface area contributed by atoms with Crippen molar-refractivity contribution in [3.8, 4) is 0 Å². The van der Waals surface area contributed by atoms with Crippen LogP contribution in [0, 0.1) is 6.92 Å². The first-order chi connectivity index (χ1) is 17.6. The number of anilines is 2. The third-order valence-electron chi connectivity index (χ3n) is 6.49. The summed E-state index contributed by atoms with van der Waals surface area (Å²) in [6.45, 7) is 4.32. The van der Waals surface area contributed by atoms with Gasteiger partial charge in [-0.25, -0.2) is 14.8 Å². The van der Waals surface area contributed by atoms with E-state index in [-0.39, 0.29) is 12.6 Å². The molecule has 6 nitrogen and oxygen atoms in total. The Hall–Kier alpha value is -4.23. The molecular weight excluding hydrogens is 468 g/mol. The van der Waals surface area contributed by atoms with E-state index in [1.54, 1.807) is 0 Å². The molecule has 36 heavy (non-hydrogen) atoms. The normalized spacial score (nSPS) is 11.4. The summed E-state index contributed by atoms with van der Waals surface area (Å²) in [5.74, 6) is 0.317. The Morgan fingerprint density at radius 2 is 1.89 bits per heavy atom. The van der Waals surface area contributed by atoms with Crippen LogP contribution in [0.4, 0.5) is 11.5 Å². The second-order valence-corrected chi connectivity index (χ2v) is 9.72. The lowest BCUT2D eigenvalue weighted by Crippen LogP contribution is -2.04. The highest BCUT2D eigenvalue weighted by atomic mass is 32.1. The van der Waals surface area contributed by atoms with Crippen molar-refractivity contribution < 1.29 is 9.53 Å². The Labute approximate surface area is 212 Å². The number of aromatic nitrogens is 3. The molecule has 6 aromatic rings. The molecule has 0 aliphatic rings. The molecule has 7 heteroatoms. The lowest BCUT2D eigenvalue weighted by atomic mass is 10.1. The SMILES string of the molecule is CCc1cccc2c1[nH]c1cc(Nc3ncnc4sc(C(=O)OCc5ccccc5)c(C)c34)ccc12. The number of esters is 1. The minimum Gasteiger partial charge on any atom is -0.457 e. The van der Waals surface area contributed by atoms with Gasteiger partial charge in [-0.2, -0.15) is 0 Å². The van der Waals surface area contributed by atoms with E-state index >= 15 is 0 Å².